The maximum Gasteiger partial charge on any atom is 0.421 e. The maximum absolute atomic E-state index is 13.0. The second-order valence-electron chi connectivity index (χ2n) is 8.93. The molecule has 2 saturated carbocycles. The van der Waals surface area contributed by atoms with Gasteiger partial charge < -0.3 is 10.1 Å². The number of halogens is 3. The van der Waals surface area contributed by atoms with Gasteiger partial charge in [0.15, 0.2) is 9.84 Å². The molecule has 0 aliphatic heterocycles. The lowest BCUT2D eigenvalue weighted by atomic mass is 9.78. The van der Waals surface area contributed by atoms with Crippen LogP contribution in [0.3, 0.4) is 0 Å². The molecule has 1 aromatic heterocycles. The van der Waals surface area contributed by atoms with Crippen molar-refractivity contribution in [3.63, 3.8) is 0 Å². The highest BCUT2D eigenvalue weighted by atomic mass is 32.2. The van der Waals surface area contributed by atoms with Crippen LogP contribution >= 0.6 is 0 Å². The first-order valence-electron chi connectivity index (χ1n) is 10.9. The number of H-pyrrole nitrogens is 1. The lowest BCUT2D eigenvalue weighted by Crippen LogP contribution is -2.24. The van der Waals surface area contributed by atoms with E-state index in [0.29, 0.717) is 37.8 Å². The number of nitrogens with one attached hydrogen (secondary N) is 1. The molecule has 0 radical (unpaired) electrons. The predicted molar refractivity (Wildman–Crippen MR) is 113 cm³/mol. The van der Waals surface area contributed by atoms with Crippen LogP contribution in [0.1, 0.15) is 67.7 Å². The molecule has 0 amide bonds. The first-order valence-corrected chi connectivity index (χ1v) is 12.4. The predicted octanol–water partition coefficient (Wildman–Crippen LogP) is 4.40. The van der Waals surface area contributed by atoms with Crippen molar-refractivity contribution in [3.05, 3.63) is 63.6 Å². The molecule has 1 heterocycles. The smallest absolute Gasteiger partial charge is 0.393 e. The highest BCUT2D eigenvalue weighted by Crippen LogP contribution is 2.38. The minimum absolute atomic E-state index is 0.240. The number of aromatic nitrogens is 1. The Hall–Kier alpha value is -2.13. The third-order valence-corrected chi connectivity index (χ3v) is 8.85. The van der Waals surface area contributed by atoms with E-state index in [-0.39, 0.29) is 28.1 Å². The summed E-state index contributed by atoms with van der Waals surface area (Å²) in [6, 6.07) is 8.56. The second kappa shape index (κ2) is 8.67. The van der Waals surface area contributed by atoms with Gasteiger partial charge in [0.1, 0.15) is 5.56 Å². The van der Waals surface area contributed by atoms with Crippen molar-refractivity contribution in [2.24, 2.45) is 5.92 Å². The molecule has 2 N–H and O–H groups in total. The molecule has 1 atom stereocenters. The fraction of sp³-hybridized carbons (Fsp3) is 0.522. The zero-order valence-corrected chi connectivity index (χ0v) is 18.3. The minimum atomic E-state index is -4.74. The summed E-state index contributed by atoms with van der Waals surface area (Å²) in [5.41, 5.74) is -1.33. The summed E-state index contributed by atoms with van der Waals surface area (Å²) in [4.78, 5) is 14.8. The second-order valence-corrected chi connectivity index (χ2v) is 11.2. The number of aliphatic hydroxyl groups excluding tert-OH is 1. The maximum atomic E-state index is 13.0. The molecule has 0 saturated heterocycles. The monoisotopic (exact) mass is 469 g/mol. The molecule has 2 aliphatic carbocycles. The molecule has 1 unspecified atom stereocenters. The van der Waals surface area contributed by atoms with Gasteiger partial charge in [-0.2, -0.15) is 13.2 Å². The Morgan fingerprint density at radius 1 is 0.969 bits per heavy atom. The van der Waals surface area contributed by atoms with Gasteiger partial charge in [-0.05, 0) is 80.7 Å². The van der Waals surface area contributed by atoms with Gasteiger partial charge in [0.25, 0.3) is 5.56 Å². The van der Waals surface area contributed by atoms with Crippen LogP contribution in [0.15, 0.2) is 46.1 Å². The Kier molecular flexibility index (Phi) is 6.24. The van der Waals surface area contributed by atoms with Gasteiger partial charge in [-0.25, -0.2) is 8.42 Å². The van der Waals surface area contributed by atoms with Gasteiger partial charge in [0.2, 0.25) is 0 Å². The Morgan fingerprint density at radius 2 is 1.59 bits per heavy atom. The summed E-state index contributed by atoms with van der Waals surface area (Å²) in [7, 11) is -3.35. The van der Waals surface area contributed by atoms with Crippen molar-refractivity contribution in [2.45, 2.75) is 73.3 Å². The molecular weight excluding hydrogens is 443 g/mol. The SMILES string of the molecule is O=c1[nH]c(C(CC2CCC(O)CC2)c2ccc(S(=O)(=O)C3CC3)cc2)ccc1C(F)(F)F. The van der Waals surface area contributed by atoms with E-state index in [1.165, 1.54) is 6.07 Å². The van der Waals surface area contributed by atoms with Crippen LogP contribution < -0.4 is 5.56 Å². The van der Waals surface area contributed by atoms with Crippen LogP contribution in [0.4, 0.5) is 13.2 Å². The van der Waals surface area contributed by atoms with Crippen LogP contribution in [0, 0.1) is 5.92 Å². The Bertz CT molecular complexity index is 1110. The summed E-state index contributed by atoms with van der Waals surface area (Å²) in [5.74, 6) is -0.146. The van der Waals surface area contributed by atoms with Crippen molar-refractivity contribution < 1.29 is 26.7 Å². The molecule has 32 heavy (non-hydrogen) atoms. The number of pyridine rings is 1. The Labute approximate surface area is 184 Å². The first kappa shape index (κ1) is 23.0. The highest BCUT2D eigenvalue weighted by Gasteiger charge is 2.37. The fourth-order valence-electron chi connectivity index (χ4n) is 4.53. The summed E-state index contributed by atoms with van der Waals surface area (Å²) in [6.45, 7) is 0. The molecule has 0 bridgehead atoms. The van der Waals surface area contributed by atoms with E-state index in [4.69, 9.17) is 0 Å². The summed E-state index contributed by atoms with van der Waals surface area (Å²) in [6.07, 6.45) is -0.253. The number of aromatic amines is 1. The van der Waals surface area contributed by atoms with E-state index < -0.39 is 27.1 Å². The van der Waals surface area contributed by atoms with Crippen molar-refractivity contribution in [3.8, 4) is 0 Å². The van der Waals surface area contributed by atoms with Gasteiger partial charge in [0, 0.05) is 11.6 Å². The molecule has 2 aromatic rings. The van der Waals surface area contributed by atoms with Gasteiger partial charge in [-0.3, -0.25) is 4.79 Å². The largest absolute Gasteiger partial charge is 0.421 e. The number of hydrogen-bond acceptors (Lipinski definition) is 4. The van der Waals surface area contributed by atoms with Crippen molar-refractivity contribution >= 4 is 9.84 Å². The normalized spacial score (nSPS) is 23.1. The van der Waals surface area contributed by atoms with E-state index in [9.17, 15) is 31.5 Å². The minimum Gasteiger partial charge on any atom is -0.393 e. The number of sulfone groups is 1. The topological polar surface area (TPSA) is 87.2 Å². The average molecular weight is 470 g/mol. The van der Waals surface area contributed by atoms with E-state index in [1.54, 1.807) is 24.3 Å². The number of alkyl halides is 3. The molecular formula is C23H26F3NO4S. The third-order valence-electron chi connectivity index (χ3n) is 6.57. The van der Waals surface area contributed by atoms with Crippen LogP contribution in [0.25, 0.3) is 0 Å². The summed E-state index contributed by atoms with van der Waals surface area (Å²) >= 11 is 0. The zero-order valence-electron chi connectivity index (χ0n) is 17.4. The first-order chi connectivity index (χ1) is 15.1. The molecule has 1 aromatic carbocycles. The average Bonchev–Trinajstić information content (AvgIpc) is 3.58. The van der Waals surface area contributed by atoms with Crippen LogP contribution in [-0.4, -0.2) is 29.9 Å². The van der Waals surface area contributed by atoms with Crippen LogP contribution in [0.5, 0.6) is 0 Å². The van der Waals surface area contributed by atoms with Crippen molar-refractivity contribution in [1.82, 2.24) is 4.98 Å². The highest BCUT2D eigenvalue weighted by molar-refractivity contribution is 7.92. The van der Waals surface area contributed by atoms with Gasteiger partial charge in [0.05, 0.1) is 16.2 Å². The molecule has 5 nitrogen and oxygen atoms in total. The van der Waals surface area contributed by atoms with E-state index in [2.05, 4.69) is 4.98 Å². The Balaban J connectivity index is 1.66. The number of rotatable bonds is 6. The fourth-order valence-corrected chi connectivity index (χ4v) is 6.19. The van der Waals surface area contributed by atoms with E-state index in [1.807, 2.05) is 0 Å². The molecule has 2 fully saturated rings. The Morgan fingerprint density at radius 3 is 2.12 bits per heavy atom. The lowest BCUT2D eigenvalue weighted by molar-refractivity contribution is -0.138. The van der Waals surface area contributed by atoms with Gasteiger partial charge in [-0.1, -0.05) is 12.1 Å². The quantitative estimate of drug-likeness (QED) is 0.657. The van der Waals surface area contributed by atoms with Crippen LogP contribution in [0.2, 0.25) is 0 Å². The lowest BCUT2D eigenvalue weighted by Gasteiger charge is -2.29. The summed E-state index contributed by atoms with van der Waals surface area (Å²) in [5, 5.41) is 9.45. The molecule has 2 aliphatic rings. The summed E-state index contributed by atoms with van der Waals surface area (Å²) < 4.78 is 64.1. The van der Waals surface area contributed by atoms with E-state index >= 15 is 0 Å². The number of aliphatic hydroxyl groups is 1. The molecule has 9 heteroatoms. The standard InChI is InChI=1S/C23H26F3NO4S/c24-23(25,26)20-11-12-21(27-22(20)29)19(13-14-1-5-16(28)6-2-14)15-3-7-17(8-4-15)32(30,31)18-9-10-18/h3-4,7-8,11-12,14,16,18-19,28H,1-2,5-6,9-10,13H2,(H,27,29). The number of benzene rings is 1. The number of hydrogen-bond donors (Lipinski definition) is 2. The van der Waals surface area contributed by atoms with Crippen molar-refractivity contribution in [1.29, 1.82) is 0 Å². The van der Waals surface area contributed by atoms with E-state index in [0.717, 1.165) is 24.5 Å². The zero-order chi connectivity index (χ0) is 23.1. The third kappa shape index (κ3) is 4.93. The molecule has 0 spiro atoms. The van der Waals surface area contributed by atoms with Crippen LogP contribution in [-0.2, 0) is 16.0 Å². The van der Waals surface area contributed by atoms with Gasteiger partial charge in [-0.15, -0.1) is 0 Å². The molecule has 174 valence electrons. The van der Waals surface area contributed by atoms with Gasteiger partial charge >= 0.3 is 6.18 Å². The van der Waals surface area contributed by atoms with Crippen molar-refractivity contribution in [2.75, 3.05) is 0 Å². The molecule has 4 rings (SSSR count).